The van der Waals surface area contributed by atoms with Crippen LogP contribution in [0.4, 0.5) is 5.82 Å². The number of methoxy groups -OCH3 is 3. The topological polar surface area (TPSA) is 85.5 Å². The van der Waals surface area contributed by atoms with Gasteiger partial charge in [0.05, 0.1) is 21.3 Å². The third-order valence-corrected chi connectivity index (χ3v) is 5.78. The van der Waals surface area contributed by atoms with E-state index in [0.29, 0.717) is 23.7 Å². The first kappa shape index (κ1) is 19.4. The number of nitrogens with zero attached hydrogens (tertiary/aromatic N) is 1. The minimum Gasteiger partial charge on any atom is -0.493 e. The van der Waals surface area contributed by atoms with E-state index in [1.165, 1.54) is 0 Å². The number of fused-ring (bicyclic) bond motifs is 1. The Morgan fingerprint density at radius 2 is 1.72 bits per heavy atom. The van der Waals surface area contributed by atoms with Gasteiger partial charge in [0.2, 0.25) is 5.75 Å². The molecule has 1 aliphatic carbocycles. The predicted octanol–water partition coefficient (Wildman–Crippen LogP) is 3.94. The van der Waals surface area contributed by atoms with Gasteiger partial charge >= 0.3 is 0 Å². The van der Waals surface area contributed by atoms with E-state index in [1.807, 2.05) is 19.1 Å². The Kier molecular flexibility index (Phi) is 4.56. The Hall–Kier alpha value is -2.96. The van der Waals surface area contributed by atoms with E-state index in [4.69, 9.17) is 14.2 Å². The normalized spacial score (nSPS) is 19.9. The lowest BCUT2D eigenvalue weighted by Gasteiger charge is -2.38. The van der Waals surface area contributed by atoms with Crippen molar-refractivity contribution in [1.82, 2.24) is 10.2 Å². The molecule has 1 aliphatic heterocycles. The van der Waals surface area contributed by atoms with Crippen LogP contribution in [0.3, 0.4) is 0 Å². The van der Waals surface area contributed by atoms with Gasteiger partial charge in [-0.2, -0.15) is 5.10 Å². The molecule has 4 rings (SSSR count). The van der Waals surface area contributed by atoms with Gasteiger partial charge in [-0.25, -0.2) is 0 Å². The number of Topliss-reactive ketones (excluding diaryl/α,β-unsaturated/α-hetero) is 1. The van der Waals surface area contributed by atoms with Gasteiger partial charge in [0.1, 0.15) is 0 Å². The number of aromatic amines is 1. The Morgan fingerprint density at radius 1 is 1.07 bits per heavy atom. The number of anilines is 1. The third-order valence-electron chi connectivity index (χ3n) is 5.78. The lowest BCUT2D eigenvalue weighted by molar-refractivity contribution is -0.118. The molecule has 1 aromatic carbocycles. The van der Waals surface area contributed by atoms with E-state index in [2.05, 4.69) is 29.4 Å². The van der Waals surface area contributed by atoms with Crippen LogP contribution in [0.25, 0.3) is 0 Å². The first-order valence-electron chi connectivity index (χ1n) is 9.67. The maximum atomic E-state index is 13.3. The molecule has 2 N–H and O–H groups in total. The van der Waals surface area contributed by atoms with E-state index >= 15 is 0 Å². The molecule has 1 unspecified atom stereocenters. The van der Waals surface area contributed by atoms with Crippen LogP contribution in [0.15, 0.2) is 23.4 Å². The maximum absolute atomic E-state index is 13.3. The summed E-state index contributed by atoms with van der Waals surface area (Å²) in [5.41, 5.74) is 4.47. The van der Waals surface area contributed by atoms with Gasteiger partial charge in [0.25, 0.3) is 0 Å². The van der Waals surface area contributed by atoms with Gasteiger partial charge in [0, 0.05) is 34.9 Å². The molecule has 0 radical (unpaired) electrons. The first-order chi connectivity index (χ1) is 13.8. The molecule has 0 bridgehead atoms. The average Bonchev–Trinajstić information content (AvgIpc) is 3.04. The third kappa shape index (κ3) is 3.05. The van der Waals surface area contributed by atoms with Gasteiger partial charge in [0.15, 0.2) is 23.1 Å². The second kappa shape index (κ2) is 6.83. The summed E-state index contributed by atoms with van der Waals surface area (Å²) < 4.78 is 16.6. The number of benzene rings is 1. The molecule has 7 heteroatoms. The molecule has 0 amide bonds. The van der Waals surface area contributed by atoms with Crippen molar-refractivity contribution in [1.29, 1.82) is 0 Å². The van der Waals surface area contributed by atoms with Crippen molar-refractivity contribution in [2.75, 3.05) is 26.6 Å². The van der Waals surface area contributed by atoms with Crippen molar-refractivity contribution < 1.29 is 19.0 Å². The van der Waals surface area contributed by atoms with E-state index in [9.17, 15) is 4.79 Å². The number of nitrogens with one attached hydrogen (secondary N) is 2. The number of hydrogen-bond donors (Lipinski definition) is 2. The van der Waals surface area contributed by atoms with Crippen LogP contribution in [-0.2, 0) is 4.79 Å². The smallest absolute Gasteiger partial charge is 0.203 e. The molecule has 0 spiro atoms. The molecule has 154 valence electrons. The van der Waals surface area contributed by atoms with Crippen molar-refractivity contribution >= 4 is 11.6 Å². The average molecular weight is 397 g/mol. The number of allylic oxidation sites excluding steroid dienone is 2. The summed E-state index contributed by atoms with van der Waals surface area (Å²) in [6.07, 6.45) is 1.31. The van der Waals surface area contributed by atoms with Crippen molar-refractivity contribution in [2.24, 2.45) is 5.41 Å². The molecule has 29 heavy (non-hydrogen) atoms. The number of aromatic nitrogens is 2. The largest absolute Gasteiger partial charge is 0.493 e. The summed E-state index contributed by atoms with van der Waals surface area (Å²) >= 11 is 0. The minimum absolute atomic E-state index is 0.0917. The minimum atomic E-state index is -0.252. The molecule has 0 saturated carbocycles. The van der Waals surface area contributed by atoms with Crippen LogP contribution in [0, 0.1) is 12.3 Å². The number of ketones is 1. The number of carbonyl (C=O) groups is 1. The fourth-order valence-electron chi connectivity index (χ4n) is 4.56. The van der Waals surface area contributed by atoms with Crippen molar-refractivity contribution in [3.8, 4) is 17.2 Å². The number of hydrogen-bond acceptors (Lipinski definition) is 6. The molecule has 2 aliphatic rings. The second-order valence-corrected chi connectivity index (χ2v) is 8.46. The summed E-state index contributed by atoms with van der Waals surface area (Å²) in [5.74, 6) is 2.33. The van der Waals surface area contributed by atoms with Gasteiger partial charge in [-0.1, -0.05) is 13.8 Å². The van der Waals surface area contributed by atoms with Crippen LogP contribution in [0.2, 0.25) is 0 Å². The van der Waals surface area contributed by atoms with Crippen LogP contribution in [0.1, 0.15) is 49.4 Å². The Labute approximate surface area is 170 Å². The number of carbonyl (C=O) groups excluding carboxylic acids is 1. The molecule has 2 aromatic rings. The highest BCUT2D eigenvalue weighted by atomic mass is 16.5. The van der Waals surface area contributed by atoms with Crippen molar-refractivity contribution in [3.63, 3.8) is 0 Å². The monoisotopic (exact) mass is 397 g/mol. The van der Waals surface area contributed by atoms with Gasteiger partial charge in [-0.3, -0.25) is 9.89 Å². The molecule has 0 saturated heterocycles. The molecular formula is C22H27N3O4. The maximum Gasteiger partial charge on any atom is 0.203 e. The van der Waals surface area contributed by atoms with Gasteiger partial charge in [-0.05, 0) is 36.5 Å². The van der Waals surface area contributed by atoms with Crippen molar-refractivity contribution in [2.45, 2.75) is 39.5 Å². The zero-order valence-corrected chi connectivity index (χ0v) is 17.7. The highest BCUT2D eigenvalue weighted by molar-refractivity contribution is 6.01. The fraction of sp³-hybridized carbons (Fsp3) is 0.455. The predicted molar refractivity (Wildman–Crippen MR) is 110 cm³/mol. The van der Waals surface area contributed by atoms with Crippen molar-refractivity contribution in [3.05, 3.63) is 40.2 Å². The molecule has 2 heterocycles. The van der Waals surface area contributed by atoms with E-state index in [0.717, 1.165) is 40.3 Å². The summed E-state index contributed by atoms with van der Waals surface area (Å²) in [6, 6.07) is 3.84. The van der Waals surface area contributed by atoms with Crippen LogP contribution in [-0.4, -0.2) is 37.3 Å². The Morgan fingerprint density at radius 3 is 2.31 bits per heavy atom. The van der Waals surface area contributed by atoms with Crippen LogP contribution in [0.5, 0.6) is 17.2 Å². The Balaban J connectivity index is 1.97. The second-order valence-electron chi connectivity index (χ2n) is 8.46. The quantitative estimate of drug-likeness (QED) is 0.813. The number of aryl methyl sites for hydroxylation is 1. The fourth-order valence-corrected chi connectivity index (χ4v) is 4.56. The number of H-pyrrole nitrogens is 1. The zero-order valence-electron chi connectivity index (χ0n) is 17.7. The van der Waals surface area contributed by atoms with E-state index < -0.39 is 0 Å². The van der Waals surface area contributed by atoms with Gasteiger partial charge in [-0.15, -0.1) is 0 Å². The molecular weight excluding hydrogens is 370 g/mol. The highest BCUT2D eigenvalue weighted by Gasteiger charge is 2.42. The first-order valence-corrected chi connectivity index (χ1v) is 9.67. The summed E-state index contributed by atoms with van der Waals surface area (Å²) in [7, 11) is 4.77. The highest BCUT2D eigenvalue weighted by Crippen LogP contribution is 2.51. The Bertz CT molecular complexity index is 994. The molecule has 1 atom stereocenters. The van der Waals surface area contributed by atoms with E-state index in [-0.39, 0.29) is 17.1 Å². The standard InChI is InChI=1S/C22H27N3O4/c1-11-17-18(12-7-15(27-4)20(29-6)16(8-12)28-5)19-13(23-21(17)25-24-11)9-22(2,3)10-14(19)26/h7-8,18H,9-10H2,1-6H3,(H2,23,24,25). The summed E-state index contributed by atoms with van der Waals surface area (Å²) in [4.78, 5) is 13.3. The lowest BCUT2D eigenvalue weighted by Crippen LogP contribution is -2.33. The SMILES string of the molecule is COc1cc(C2C3=C(CC(C)(C)CC3=O)Nc3n[nH]c(C)c32)cc(OC)c1OC. The zero-order chi connectivity index (χ0) is 20.9. The lowest BCUT2D eigenvalue weighted by atomic mass is 9.69. The molecule has 0 fully saturated rings. The van der Waals surface area contributed by atoms with E-state index in [1.54, 1.807) is 21.3 Å². The molecule has 7 nitrogen and oxygen atoms in total. The molecule has 1 aromatic heterocycles. The summed E-state index contributed by atoms with van der Waals surface area (Å²) in [5, 5.41) is 10.9. The number of rotatable bonds is 4. The number of ether oxygens (including phenoxy) is 3. The van der Waals surface area contributed by atoms with Gasteiger partial charge < -0.3 is 19.5 Å². The summed E-state index contributed by atoms with van der Waals surface area (Å²) in [6.45, 7) is 6.22. The van der Waals surface area contributed by atoms with Crippen LogP contribution >= 0.6 is 0 Å². The van der Waals surface area contributed by atoms with Crippen LogP contribution < -0.4 is 19.5 Å².